The zero-order valence-corrected chi connectivity index (χ0v) is 13.6. The zero-order valence-electron chi connectivity index (χ0n) is 13.6. The zero-order chi connectivity index (χ0) is 16.6. The number of nitrogens with one attached hydrogen (secondary N) is 2. The van der Waals surface area contributed by atoms with Gasteiger partial charge in [0.2, 0.25) is 5.91 Å². The summed E-state index contributed by atoms with van der Waals surface area (Å²) in [6.07, 6.45) is 5.64. The summed E-state index contributed by atoms with van der Waals surface area (Å²) in [4.78, 5) is 15.9. The largest absolute Gasteiger partial charge is 0.377 e. The van der Waals surface area contributed by atoms with Crippen LogP contribution in [0.15, 0.2) is 36.9 Å². The van der Waals surface area contributed by atoms with Crippen molar-refractivity contribution in [1.29, 1.82) is 0 Å². The van der Waals surface area contributed by atoms with Gasteiger partial charge in [0.05, 0.1) is 19.2 Å². The van der Waals surface area contributed by atoms with Gasteiger partial charge in [-0.15, -0.1) is 0 Å². The second kappa shape index (κ2) is 8.56. The first kappa shape index (κ1) is 16.6. The van der Waals surface area contributed by atoms with E-state index in [1.807, 2.05) is 24.3 Å². The Kier molecular flexibility index (Phi) is 5.92. The molecule has 2 heterocycles. The van der Waals surface area contributed by atoms with E-state index in [9.17, 15) is 4.79 Å². The van der Waals surface area contributed by atoms with Crippen molar-refractivity contribution in [3.05, 3.63) is 48.0 Å². The number of ether oxygens (including phenoxy) is 1. The van der Waals surface area contributed by atoms with Crippen LogP contribution >= 0.6 is 0 Å². The number of hydrogen-bond donors (Lipinski definition) is 2. The highest BCUT2D eigenvalue weighted by Crippen LogP contribution is 2.11. The van der Waals surface area contributed by atoms with Gasteiger partial charge < -0.3 is 15.4 Å². The molecule has 1 saturated heterocycles. The molecule has 0 spiro atoms. The first-order valence-electron chi connectivity index (χ1n) is 8.29. The van der Waals surface area contributed by atoms with Gasteiger partial charge in [-0.05, 0) is 24.0 Å². The molecule has 1 fully saturated rings. The molecule has 1 aliphatic rings. The molecule has 1 aromatic heterocycles. The van der Waals surface area contributed by atoms with Gasteiger partial charge in [-0.3, -0.25) is 4.79 Å². The smallest absolute Gasteiger partial charge is 0.234 e. The van der Waals surface area contributed by atoms with Gasteiger partial charge in [-0.2, -0.15) is 5.10 Å². The molecular formula is C17H23N5O2. The summed E-state index contributed by atoms with van der Waals surface area (Å²) in [5.41, 5.74) is 2.20. The average molecular weight is 329 g/mol. The van der Waals surface area contributed by atoms with Crippen molar-refractivity contribution in [3.63, 3.8) is 0 Å². The molecule has 0 saturated carbocycles. The van der Waals surface area contributed by atoms with Crippen LogP contribution in [-0.4, -0.2) is 46.5 Å². The molecule has 3 rings (SSSR count). The van der Waals surface area contributed by atoms with E-state index in [4.69, 9.17) is 4.74 Å². The quantitative estimate of drug-likeness (QED) is 0.745. The van der Waals surface area contributed by atoms with E-state index in [1.165, 1.54) is 6.33 Å². The lowest BCUT2D eigenvalue weighted by molar-refractivity contribution is -0.120. The Bertz CT molecular complexity index is 638. The molecule has 1 unspecified atom stereocenters. The molecule has 2 N–H and O–H groups in total. The van der Waals surface area contributed by atoms with Gasteiger partial charge in [0.1, 0.15) is 12.7 Å². The minimum atomic E-state index is -0.0106. The highest BCUT2D eigenvalue weighted by atomic mass is 16.5. The van der Waals surface area contributed by atoms with Crippen molar-refractivity contribution in [1.82, 2.24) is 25.4 Å². The second-order valence-electron chi connectivity index (χ2n) is 5.90. The highest BCUT2D eigenvalue weighted by molar-refractivity contribution is 5.78. The minimum Gasteiger partial charge on any atom is -0.377 e. The summed E-state index contributed by atoms with van der Waals surface area (Å²) in [6, 6.07) is 8.02. The van der Waals surface area contributed by atoms with Crippen LogP contribution in [0.2, 0.25) is 0 Å². The third-order valence-electron chi connectivity index (χ3n) is 4.07. The normalized spacial score (nSPS) is 17.1. The van der Waals surface area contributed by atoms with Crippen LogP contribution in [0.4, 0.5) is 0 Å². The SMILES string of the molecule is O=C(CNCC1CCCO1)NCc1ccccc1Cn1cncn1. The molecule has 1 aromatic carbocycles. The number of nitrogens with zero attached hydrogens (tertiary/aromatic N) is 3. The van der Waals surface area contributed by atoms with Crippen LogP contribution in [0, 0.1) is 0 Å². The molecule has 1 amide bonds. The molecule has 0 radical (unpaired) electrons. The Hall–Kier alpha value is -2.25. The van der Waals surface area contributed by atoms with Crippen molar-refractivity contribution >= 4 is 5.91 Å². The molecule has 128 valence electrons. The predicted molar refractivity (Wildman–Crippen MR) is 89.3 cm³/mol. The van der Waals surface area contributed by atoms with Gasteiger partial charge in [-0.1, -0.05) is 24.3 Å². The van der Waals surface area contributed by atoms with E-state index >= 15 is 0 Å². The van der Waals surface area contributed by atoms with E-state index in [-0.39, 0.29) is 12.0 Å². The first-order chi connectivity index (χ1) is 11.8. The van der Waals surface area contributed by atoms with Crippen molar-refractivity contribution < 1.29 is 9.53 Å². The average Bonchev–Trinajstić information content (AvgIpc) is 3.28. The third-order valence-corrected chi connectivity index (χ3v) is 4.07. The second-order valence-corrected chi connectivity index (χ2v) is 5.90. The topological polar surface area (TPSA) is 81.1 Å². The van der Waals surface area contributed by atoms with Crippen LogP contribution in [0.5, 0.6) is 0 Å². The Morgan fingerprint density at radius 2 is 2.21 bits per heavy atom. The fourth-order valence-electron chi connectivity index (χ4n) is 2.78. The summed E-state index contributed by atoms with van der Waals surface area (Å²) >= 11 is 0. The Balaban J connectivity index is 1.44. The van der Waals surface area contributed by atoms with Crippen LogP contribution in [0.25, 0.3) is 0 Å². The number of rotatable bonds is 8. The fourth-order valence-corrected chi connectivity index (χ4v) is 2.78. The van der Waals surface area contributed by atoms with Crippen molar-refractivity contribution in [2.45, 2.75) is 32.0 Å². The summed E-state index contributed by atoms with van der Waals surface area (Å²) in [5, 5.41) is 10.2. The van der Waals surface area contributed by atoms with Crippen LogP contribution in [0.1, 0.15) is 24.0 Å². The molecule has 7 heteroatoms. The van der Waals surface area contributed by atoms with Crippen molar-refractivity contribution in [3.8, 4) is 0 Å². The third kappa shape index (κ3) is 4.87. The van der Waals surface area contributed by atoms with Gasteiger partial charge in [0.15, 0.2) is 0 Å². The molecule has 24 heavy (non-hydrogen) atoms. The molecule has 2 aromatic rings. The lowest BCUT2D eigenvalue weighted by Crippen LogP contribution is -2.37. The number of aromatic nitrogens is 3. The fraction of sp³-hybridized carbons (Fsp3) is 0.471. The monoisotopic (exact) mass is 329 g/mol. The molecule has 0 aliphatic carbocycles. The predicted octanol–water partition coefficient (Wildman–Crippen LogP) is 0.711. The number of carbonyl (C=O) groups excluding carboxylic acids is 1. The summed E-state index contributed by atoms with van der Waals surface area (Å²) in [7, 11) is 0. The lowest BCUT2D eigenvalue weighted by atomic mass is 10.1. The molecule has 1 aliphatic heterocycles. The number of amides is 1. The van der Waals surface area contributed by atoms with Gasteiger partial charge in [0, 0.05) is 19.7 Å². The Morgan fingerprint density at radius 1 is 1.33 bits per heavy atom. The van der Waals surface area contributed by atoms with E-state index < -0.39 is 0 Å². The van der Waals surface area contributed by atoms with Crippen LogP contribution in [-0.2, 0) is 22.6 Å². The lowest BCUT2D eigenvalue weighted by Gasteiger charge is -2.12. The van der Waals surface area contributed by atoms with Gasteiger partial charge in [-0.25, -0.2) is 9.67 Å². The highest BCUT2D eigenvalue weighted by Gasteiger charge is 2.15. The first-order valence-corrected chi connectivity index (χ1v) is 8.29. The number of hydrogen-bond acceptors (Lipinski definition) is 5. The maximum atomic E-state index is 12.0. The van der Waals surface area contributed by atoms with Gasteiger partial charge >= 0.3 is 0 Å². The molecular weight excluding hydrogens is 306 g/mol. The Morgan fingerprint density at radius 3 is 2.96 bits per heavy atom. The summed E-state index contributed by atoms with van der Waals surface area (Å²) in [5.74, 6) is -0.0106. The maximum absolute atomic E-state index is 12.0. The van der Waals surface area contributed by atoms with E-state index in [0.29, 0.717) is 19.6 Å². The number of carbonyl (C=O) groups is 1. The summed E-state index contributed by atoms with van der Waals surface area (Å²) < 4.78 is 7.29. The number of benzene rings is 1. The maximum Gasteiger partial charge on any atom is 0.234 e. The van der Waals surface area contributed by atoms with Crippen molar-refractivity contribution in [2.75, 3.05) is 19.7 Å². The van der Waals surface area contributed by atoms with Crippen LogP contribution < -0.4 is 10.6 Å². The van der Waals surface area contributed by atoms with Crippen molar-refractivity contribution in [2.24, 2.45) is 0 Å². The minimum absolute atomic E-state index is 0.0106. The van der Waals surface area contributed by atoms with Crippen LogP contribution in [0.3, 0.4) is 0 Å². The molecule has 1 atom stereocenters. The summed E-state index contributed by atoms with van der Waals surface area (Å²) in [6.45, 7) is 3.02. The van der Waals surface area contributed by atoms with Gasteiger partial charge in [0.25, 0.3) is 0 Å². The molecule has 0 bridgehead atoms. The van der Waals surface area contributed by atoms with E-state index in [0.717, 1.165) is 37.1 Å². The Labute approximate surface area is 141 Å². The van der Waals surface area contributed by atoms with E-state index in [1.54, 1.807) is 11.0 Å². The standard InChI is InChI=1S/C17H23N5O2/c23-17(10-18-9-16-6-3-7-24-16)20-8-14-4-1-2-5-15(14)11-22-13-19-12-21-22/h1-2,4-5,12-13,16,18H,3,6-11H2,(H,20,23). The molecule has 7 nitrogen and oxygen atoms in total. The van der Waals surface area contributed by atoms with E-state index in [2.05, 4.69) is 20.7 Å².